The van der Waals surface area contributed by atoms with E-state index in [0.29, 0.717) is 34.4 Å². The van der Waals surface area contributed by atoms with E-state index in [9.17, 15) is 9.18 Å². The first-order valence-corrected chi connectivity index (χ1v) is 10.6. The van der Waals surface area contributed by atoms with Gasteiger partial charge in [0.05, 0.1) is 5.69 Å². The van der Waals surface area contributed by atoms with Gasteiger partial charge < -0.3 is 20.4 Å². The van der Waals surface area contributed by atoms with Gasteiger partial charge in [0.2, 0.25) is 5.95 Å². The highest BCUT2D eigenvalue weighted by molar-refractivity contribution is 5.93. The number of carbonyl (C=O) groups is 1. The molecule has 0 aliphatic carbocycles. The molecule has 172 valence electrons. The first-order valence-electron chi connectivity index (χ1n) is 10.6. The third-order valence-electron chi connectivity index (χ3n) is 5.53. The van der Waals surface area contributed by atoms with Gasteiger partial charge in [-0.05, 0) is 56.4 Å². The van der Waals surface area contributed by atoms with Crippen LogP contribution in [0.3, 0.4) is 0 Å². The molecule has 0 radical (unpaired) electrons. The van der Waals surface area contributed by atoms with Crippen molar-refractivity contribution in [2.75, 3.05) is 48.8 Å². The minimum Gasteiger partial charge on any atom is -0.367 e. The van der Waals surface area contributed by atoms with Crippen LogP contribution >= 0.6 is 0 Å². The third kappa shape index (κ3) is 5.36. The fourth-order valence-electron chi connectivity index (χ4n) is 3.55. The average molecular weight is 452 g/mol. The molecule has 10 heteroatoms. The SMILES string of the molecule is Cc1cnc(Nc2ccc(N3CCN(C)CC3)c(F)c2)nc1Nc1ccc(C(=O)NO)cc1. The molecule has 1 fully saturated rings. The molecule has 3 aromatic rings. The highest BCUT2D eigenvalue weighted by Crippen LogP contribution is 2.26. The highest BCUT2D eigenvalue weighted by atomic mass is 19.1. The number of nitrogens with one attached hydrogen (secondary N) is 3. The summed E-state index contributed by atoms with van der Waals surface area (Å²) in [6.07, 6.45) is 1.67. The van der Waals surface area contributed by atoms with Gasteiger partial charge in [0.15, 0.2) is 0 Å². The molecule has 0 unspecified atom stereocenters. The van der Waals surface area contributed by atoms with Crippen LogP contribution in [0.4, 0.5) is 33.2 Å². The van der Waals surface area contributed by atoms with Gasteiger partial charge in [0.1, 0.15) is 11.6 Å². The summed E-state index contributed by atoms with van der Waals surface area (Å²) in [6, 6.07) is 11.6. The second-order valence-electron chi connectivity index (χ2n) is 7.95. The van der Waals surface area contributed by atoms with E-state index in [-0.39, 0.29) is 5.82 Å². The molecule has 2 aromatic carbocycles. The quantitative estimate of drug-likeness (QED) is 0.334. The summed E-state index contributed by atoms with van der Waals surface area (Å²) in [6.45, 7) is 5.27. The number of aryl methyl sites for hydroxylation is 1. The molecule has 1 aliphatic rings. The van der Waals surface area contributed by atoms with Crippen LogP contribution in [0.1, 0.15) is 15.9 Å². The molecular weight excluding hydrogens is 425 g/mol. The first-order chi connectivity index (χ1) is 15.9. The Labute approximate surface area is 191 Å². The zero-order chi connectivity index (χ0) is 23.4. The number of hydroxylamine groups is 1. The fourth-order valence-corrected chi connectivity index (χ4v) is 3.55. The van der Waals surface area contributed by atoms with Crippen LogP contribution in [-0.4, -0.2) is 59.2 Å². The van der Waals surface area contributed by atoms with Crippen LogP contribution in [0.5, 0.6) is 0 Å². The summed E-state index contributed by atoms with van der Waals surface area (Å²) in [5, 5.41) is 15.0. The number of hydrogen-bond donors (Lipinski definition) is 4. The Hall–Kier alpha value is -3.76. The number of hydrogen-bond acceptors (Lipinski definition) is 8. The number of aromatic nitrogens is 2. The van der Waals surface area contributed by atoms with Crippen molar-refractivity contribution in [2.24, 2.45) is 0 Å². The number of piperazine rings is 1. The van der Waals surface area contributed by atoms with E-state index >= 15 is 0 Å². The topological polar surface area (TPSA) is 106 Å². The number of rotatable bonds is 6. The smallest absolute Gasteiger partial charge is 0.274 e. The molecule has 1 aliphatic heterocycles. The summed E-state index contributed by atoms with van der Waals surface area (Å²) in [7, 11) is 2.07. The summed E-state index contributed by atoms with van der Waals surface area (Å²) in [4.78, 5) is 24.5. The zero-order valence-electron chi connectivity index (χ0n) is 18.5. The molecule has 4 rings (SSSR count). The van der Waals surface area contributed by atoms with Crippen LogP contribution in [0, 0.1) is 12.7 Å². The van der Waals surface area contributed by atoms with Crippen LogP contribution in [0.15, 0.2) is 48.7 Å². The van der Waals surface area contributed by atoms with Gasteiger partial charge in [-0.2, -0.15) is 4.98 Å². The van der Waals surface area contributed by atoms with E-state index < -0.39 is 5.91 Å². The standard InChI is InChI=1S/C23H26FN7O2/c1-15-14-25-23(28-21(15)26-17-5-3-16(4-6-17)22(32)29-33)27-18-7-8-20(19(24)13-18)31-11-9-30(2)10-12-31/h3-8,13-14,33H,9-12H2,1-2H3,(H,29,32)(H2,25,26,27,28). The number of anilines is 5. The maximum Gasteiger partial charge on any atom is 0.274 e. The Morgan fingerprint density at radius 2 is 1.73 bits per heavy atom. The second kappa shape index (κ2) is 9.80. The van der Waals surface area contributed by atoms with Gasteiger partial charge in [0, 0.05) is 54.9 Å². The van der Waals surface area contributed by atoms with E-state index in [0.717, 1.165) is 31.7 Å². The van der Waals surface area contributed by atoms with Crippen molar-refractivity contribution >= 4 is 34.7 Å². The van der Waals surface area contributed by atoms with Crippen molar-refractivity contribution < 1.29 is 14.4 Å². The average Bonchev–Trinajstić information content (AvgIpc) is 2.82. The second-order valence-corrected chi connectivity index (χ2v) is 7.95. The number of halogens is 1. The molecule has 0 spiro atoms. The van der Waals surface area contributed by atoms with Crippen molar-refractivity contribution in [3.05, 3.63) is 65.6 Å². The van der Waals surface area contributed by atoms with Crippen molar-refractivity contribution in [3.8, 4) is 0 Å². The van der Waals surface area contributed by atoms with Crippen molar-refractivity contribution in [3.63, 3.8) is 0 Å². The van der Waals surface area contributed by atoms with E-state index in [1.807, 2.05) is 13.0 Å². The summed E-state index contributed by atoms with van der Waals surface area (Å²) in [5.41, 5.74) is 4.60. The molecule has 9 nitrogen and oxygen atoms in total. The van der Waals surface area contributed by atoms with Gasteiger partial charge in [0.25, 0.3) is 5.91 Å². The van der Waals surface area contributed by atoms with Gasteiger partial charge in [-0.1, -0.05) is 0 Å². The minimum absolute atomic E-state index is 0.290. The maximum absolute atomic E-state index is 14.8. The normalized spacial score (nSPS) is 14.1. The molecule has 33 heavy (non-hydrogen) atoms. The molecule has 0 bridgehead atoms. The lowest BCUT2D eigenvalue weighted by Gasteiger charge is -2.34. The van der Waals surface area contributed by atoms with Crippen LogP contribution in [-0.2, 0) is 0 Å². The fraction of sp³-hybridized carbons (Fsp3) is 0.261. The highest BCUT2D eigenvalue weighted by Gasteiger charge is 2.17. The summed E-state index contributed by atoms with van der Waals surface area (Å²) < 4.78 is 14.8. The molecule has 0 saturated carbocycles. The predicted octanol–water partition coefficient (Wildman–Crippen LogP) is 3.28. The number of likely N-dealkylation sites (N-methyl/N-ethyl adjacent to an activating group) is 1. The van der Waals surface area contributed by atoms with E-state index in [1.165, 1.54) is 6.07 Å². The van der Waals surface area contributed by atoms with Crippen molar-refractivity contribution in [2.45, 2.75) is 6.92 Å². The molecular formula is C23H26FN7O2. The molecule has 1 amide bonds. The lowest BCUT2D eigenvalue weighted by Crippen LogP contribution is -2.44. The largest absolute Gasteiger partial charge is 0.367 e. The van der Waals surface area contributed by atoms with E-state index in [4.69, 9.17) is 5.21 Å². The van der Waals surface area contributed by atoms with Gasteiger partial charge in [-0.15, -0.1) is 0 Å². The van der Waals surface area contributed by atoms with E-state index in [1.54, 1.807) is 42.0 Å². The maximum atomic E-state index is 14.8. The lowest BCUT2D eigenvalue weighted by atomic mass is 10.2. The summed E-state index contributed by atoms with van der Waals surface area (Å²) >= 11 is 0. The number of carbonyl (C=O) groups excluding carboxylic acids is 1. The predicted molar refractivity (Wildman–Crippen MR) is 125 cm³/mol. The minimum atomic E-state index is -0.586. The van der Waals surface area contributed by atoms with E-state index in [2.05, 4.69) is 37.4 Å². The van der Waals surface area contributed by atoms with Gasteiger partial charge >= 0.3 is 0 Å². The Balaban J connectivity index is 1.46. The molecule has 1 saturated heterocycles. The number of nitrogens with zero attached hydrogens (tertiary/aromatic N) is 4. The Morgan fingerprint density at radius 3 is 2.39 bits per heavy atom. The van der Waals surface area contributed by atoms with Crippen LogP contribution in [0.25, 0.3) is 0 Å². The molecule has 2 heterocycles. The molecule has 0 atom stereocenters. The Kier molecular flexibility index (Phi) is 6.66. The third-order valence-corrected chi connectivity index (χ3v) is 5.53. The van der Waals surface area contributed by atoms with Crippen LogP contribution in [0.2, 0.25) is 0 Å². The Bertz CT molecular complexity index is 1130. The molecule has 4 N–H and O–H groups in total. The van der Waals surface area contributed by atoms with Crippen LogP contribution < -0.4 is 21.0 Å². The van der Waals surface area contributed by atoms with Crippen molar-refractivity contribution in [1.29, 1.82) is 0 Å². The van der Waals surface area contributed by atoms with Crippen molar-refractivity contribution in [1.82, 2.24) is 20.3 Å². The molecule has 1 aromatic heterocycles. The lowest BCUT2D eigenvalue weighted by molar-refractivity contribution is 0.0706. The monoisotopic (exact) mass is 451 g/mol. The summed E-state index contributed by atoms with van der Waals surface area (Å²) in [5.74, 6) is 0.0201. The zero-order valence-corrected chi connectivity index (χ0v) is 18.5. The number of benzene rings is 2. The Morgan fingerprint density at radius 1 is 1.03 bits per heavy atom. The first kappa shape index (κ1) is 22.4. The number of amides is 1. The van der Waals surface area contributed by atoms with Gasteiger partial charge in [-0.25, -0.2) is 14.9 Å². The van der Waals surface area contributed by atoms with Gasteiger partial charge in [-0.3, -0.25) is 10.0 Å².